The maximum Gasteiger partial charge on any atom is 0.410 e. The summed E-state index contributed by atoms with van der Waals surface area (Å²) in [5.41, 5.74) is 7.17. The highest BCUT2D eigenvalue weighted by Crippen LogP contribution is 2.26. The maximum absolute atomic E-state index is 12.3. The van der Waals surface area contributed by atoms with Crippen molar-refractivity contribution in [2.75, 3.05) is 24.1 Å². The van der Waals surface area contributed by atoms with Crippen molar-refractivity contribution in [2.24, 2.45) is 0 Å². The van der Waals surface area contributed by atoms with Crippen LogP contribution in [0.25, 0.3) is 0 Å². The molecule has 1 aromatic rings. The summed E-state index contributed by atoms with van der Waals surface area (Å²) in [5, 5.41) is 3.47. The lowest BCUT2D eigenvalue weighted by atomic mass is 10.1. The lowest BCUT2D eigenvalue weighted by Crippen LogP contribution is -2.42. The second kappa shape index (κ2) is 7.43. The summed E-state index contributed by atoms with van der Waals surface area (Å²) in [6.45, 7) is 7.03. The number of nitrogen functional groups attached to an aromatic ring is 1. The summed E-state index contributed by atoms with van der Waals surface area (Å²) >= 11 is 3.46. The molecule has 1 amide bonds. The van der Waals surface area contributed by atoms with Gasteiger partial charge in [-0.15, -0.1) is 0 Å². The summed E-state index contributed by atoms with van der Waals surface area (Å²) < 4.78 is 6.48. The highest BCUT2D eigenvalue weighted by atomic mass is 79.9. The average Bonchev–Trinajstić information content (AvgIpc) is 2.67. The maximum atomic E-state index is 12.3. The van der Waals surface area contributed by atoms with Gasteiger partial charge in [-0.2, -0.15) is 0 Å². The number of carbonyl (C=O) groups excluding carboxylic acids is 1. The first kappa shape index (κ1) is 17.9. The summed E-state index contributed by atoms with van der Waals surface area (Å²) in [4.78, 5) is 14.1. The van der Waals surface area contributed by atoms with E-state index in [4.69, 9.17) is 10.5 Å². The van der Waals surface area contributed by atoms with Crippen LogP contribution < -0.4 is 11.1 Å². The number of anilines is 2. The average molecular weight is 384 g/mol. The molecule has 0 aliphatic carbocycles. The van der Waals surface area contributed by atoms with Gasteiger partial charge in [-0.1, -0.05) is 15.9 Å². The number of ether oxygens (including phenoxy) is 1. The van der Waals surface area contributed by atoms with E-state index in [2.05, 4.69) is 21.2 Å². The molecule has 1 aliphatic heterocycles. The van der Waals surface area contributed by atoms with Crippen LogP contribution >= 0.6 is 15.9 Å². The molecule has 1 heterocycles. The molecule has 0 aromatic heterocycles. The van der Waals surface area contributed by atoms with Gasteiger partial charge in [-0.25, -0.2) is 4.79 Å². The molecular weight excluding hydrogens is 358 g/mol. The van der Waals surface area contributed by atoms with E-state index in [9.17, 15) is 4.79 Å². The second-order valence-electron chi connectivity index (χ2n) is 6.99. The molecule has 1 aliphatic rings. The highest BCUT2D eigenvalue weighted by Gasteiger charge is 2.26. The molecule has 1 saturated heterocycles. The molecule has 1 aromatic carbocycles. The smallest absolute Gasteiger partial charge is 0.410 e. The summed E-state index contributed by atoms with van der Waals surface area (Å²) in [7, 11) is 0. The summed E-state index contributed by atoms with van der Waals surface area (Å²) in [5.74, 6) is 0. The van der Waals surface area contributed by atoms with Crippen molar-refractivity contribution in [3.63, 3.8) is 0 Å². The van der Waals surface area contributed by atoms with E-state index in [0.29, 0.717) is 12.2 Å². The van der Waals surface area contributed by atoms with Gasteiger partial charge in [0.15, 0.2) is 0 Å². The molecule has 0 bridgehead atoms. The summed E-state index contributed by atoms with van der Waals surface area (Å²) in [6, 6.07) is 5.93. The Morgan fingerprint density at radius 3 is 2.83 bits per heavy atom. The Morgan fingerprint density at radius 2 is 2.13 bits per heavy atom. The second-order valence-corrected chi connectivity index (χ2v) is 7.91. The van der Waals surface area contributed by atoms with Crippen molar-refractivity contribution in [3.8, 4) is 0 Å². The van der Waals surface area contributed by atoms with Crippen LogP contribution in [0.5, 0.6) is 0 Å². The Kier molecular flexibility index (Phi) is 5.79. The predicted octanol–water partition coefficient (Wildman–Crippen LogP) is 4.23. The number of hydrogen-bond donors (Lipinski definition) is 2. The number of halogens is 1. The molecule has 0 spiro atoms. The monoisotopic (exact) mass is 383 g/mol. The fourth-order valence-electron chi connectivity index (χ4n) is 2.63. The molecule has 1 atom stereocenters. The lowest BCUT2D eigenvalue weighted by molar-refractivity contribution is 0.0252. The van der Waals surface area contributed by atoms with E-state index in [1.807, 2.05) is 39.0 Å². The zero-order valence-electron chi connectivity index (χ0n) is 14.1. The Morgan fingerprint density at radius 1 is 1.39 bits per heavy atom. The quantitative estimate of drug-likeness (QED) is 0.749. The molecule has 5 nitrogen and oxygen atoms in total. The number of benzene rings is 1. The minimum atomic E-state index is -0.471. The fourth-order valence-corrected chi connectivity index (χ4v) is 2.99. The Bertz CT molecular complexity index is 557. The zero-order valence-corrected chi connectivity index (χ0v) is 15.6. The van der Waals surface area contributed by atoms with Crippen LogP contribution in [0.3, 0.4) is 0 Å². The van der Waals surface area contributed by atoms with Gasteiger partial charge in [0.1, 0.15) is 5.60 Å². The molecule has 128 valence electrons. The Hall–Kier alpha value is -1.43. The Labute approximate surface area is 146 Å². The lowest BCUT2D eigenvalue weighted by Gasteiger charge is -2.29. The minimum absolute atomic E-state index is 0.168. The van der Waals surface area contributed by atoms with E-state index in [0.717, 1.165) is 36.0 Å². The van der Waals surface area contributed by atoms with Crippen LogP contribution in [0, 0.1) is 0 Å². The first-order chi connectivity index (χ1) is 10.7. The van der Waals surface area contributed by atoms with Gasteiger partial charge in [0, 0.05) is 23.6 Å². The van der Waals surface area contributed by atoms with E-state index in [1.165, 1.54) is 0 Å². The van der Waals surface area contributed by atoms with Gasteiger partial charge < -0.3 is 20.7 Å². The molecule has 0 unspecified atom stereocenters. The molecule has 0 saturated carbocycles. The standard InChI is InChI=1S/C17H26BrN3O2/c1-17(2,3)23-16(22)21-9-5-4-6-13(11-21)20-15-10-12(18)7-8-14(15)19/h7-8,10,13,20H,4-6,9,11,19H2,1-3H3/t13-/m0/s1. The zero-order chi connectivity index (χ0) is 17.0. The Balaban J connectivity index is 2.04. The number of likely N-dealkylation sites (tertiary alicyclic amines) is 1. The van der Waals surface area contributed by atoms with Crippen LogP contribution in [-0.4, -0.2) is 35.7 Å². The molecule has 0 radical (unpaired) electrons. The SMILES string of the molecule is CC(C)(C)OC(=O)N1CCCC[C@H](Nc2cc(Br)ccc2N)C1. The first-order valence-corrected chi connectivity index (χ1v) is 8.83. The first-order valence-electron chi connectivity index (χ1n) is 8.04. The third-order valence-electron chi connectivity index (χ3n) is 3.70. The van der Waals surface area contributed by atoms with E-state index in [-0.39, 0.29) is 12.1 Å². The number of nitrogens with zero attached hydrogens (tertiary/aromatic N) is 1. The number of amides is 1. The number of nitrogens with two attached hydrogens (primary N) is 1. The van der Waals surface area contributed by atoms with Crippen LogP contribution in [0.15, 0.2) is 22.7 Å². The fraction of sp³-hybridized carbons (Fsp3) is 0.588. The number of hydrogen-bond acceptors (Lipinski definition) is 4. The van der Waals surface area contributed by atoms with Gasteiger partial charge in [0.25, 0.3) is 0 Å². The van der Waals surface area contributed by atoms with Crippen molar-refractivity contribution in [1.29, 1.82) is 0 Å². The van der Waals surface area contributed by atoms with E-state index >= 15 is 0 Å². The van der Waals surface area contributed by atoms with Crippen LogP contribution in [0.1, 0.15) is 40.0 Å². The van der Waals surface area contributed by atoms with Gasteiger partial charge in [-0.05, 0) is 58.2 Å². The van der Waals surface area contributed by atoms with Gasteiger partial charge >= 0.3 is 6.09 Å². The highest BCUT2D eigenvalue weighted by molar-refractivity contribution is 9.10. The van der Waals surface area contributed by atoms with E-state index in [1.54, 1.807) is 4.90 Å². The van der Waals surface area contributed by atoms with E-state index < -0.39 is 5.60 Å². The number of carbonyl (C=O) groups is 1. The topological polar surface area (TPSA) is 67.6 Å². The van der Waals surface area contributed by atoms with Crippen molar-refractivity contribution in [3.05, 3.63) is 22.7 Å². The minimum Gasteiger partial charge on any atom is -0.444 e. The van der Waals surface area contributed by atoms with Gasteiger partial charge in [-0.3, -0.25) is 0 Å². The number of nitrogens with one attached hydrogen (secondary N) is 1. The molecule has 1 fully saturated rings. The number of rotatable bonds is 2. The summed E-state index contributed by atoms with van der Waals surface area (Å²) in [6.07, 6.45) is 2.83. The molecule has 3 N–H and O–H groups in total. The van der Waals surface area contributed by atoms with Crippen molar-refractivity contribution < 1.29 is 9.53 Å². The van der Waals surface area contributed by atoms with Crippen molar-refractivity contribution in [2.45, 2.75) is 51.7 Å². The molecule has 6 heteroatoms. The normalized spacial score (nSPS) is 19.1. The molecule has 2 rings (SSSR count). The van der Waals surface area contributed by atoms with Crippen molar-refractivity contribution >= 4 is 33.4 Å². The third kappa shape index (κ3) is 5.61. The predicted molar refractivity (Wildman–Crippen MR) is 97.6 cm³/mol. The molecule has 23 heavy (non-hydrogen) atoms. The third-order valence-corrected chi connectivity index (χ3v) is 4.19. The van der Waals surface area contributed by atoms with Gasteiger partial charge in [0.2, 0.25) is 0 Å². The van der Waals surface area contributed by atoms with Crippen LogP contribution in [0.4, 0.5) is 16.2 Å². The van der Waals surface area contributed by atoms with Crippen LogP contribution in [0.2, 0.25) is 0 Å². The molecular formula is C17H26BrN3O2. The van der Waals surface area contributed by atoms with Crippen LogP contribution in [-0.2, 0) is 4.74 Å². The largest absolute Gasteiger partial charge is 0.444 e. The van der Waals surface area contributed by atoms with Gasteiger partial charge in [0.05, 0.1) is 11.4 Å². The van der Waals surface area contributed by atoms with Crippen molar-refractivity contribution in [1.82, 2.24) is 4.90 Å².